The van der Waals surface area contributed by atoms with E-state index < -0.39 is 0 Å². The maximum Gasteiger partial charge on any atom is 0.271 e. The number of ether oxygens (including phenoxy) is 1. The Labute approximate surface area is 125 Å². The van der Waals surface area contributed by atoms with Gasteiger partial charge in [-0.25, -0.2) is 9.97 Å². The van der Waals surface area contributed by atoms with Gasteiger partial charge in [-0.15, -0.1) is 0 Å². The van der Waals surface area contributed by atoms with E-state index in [1.807, 2.05) is 14.1 Å². The van der Waals surface area contributed by atoms with Crippen molar-refractivity contribution in [2.24, 2.45) is 0 Å². The predicted molar refractivity (Wildman–Crippen MR) is 80.4 cm³/mol. The summed E-state index contributed by atoms with van der Waals surface area (Å²) in [7, 11) is 4.02. The van der Waals surface area contributed by atoms with Crippen LogP contribution in [0.2, 0.25) is 0 Å². The van der Waals surface area contributed by atoms with E-state index in [-0.39, 0.29) is 12.0 Å². The number of hydrogen-bond acceptors (Lipinski definition) is 6. The average Bonchev–Trinajstić information content (AvgIpc) is 2.98. The van der Waals surface area contributed by atoms with E-state index in [2.05, 4.69) is 25.5 Å². The van der Waals surface area contributed by atoms with Gasteiger partial charge in [0.2, 0.25) is 0 Å². The fourth-order valence-electron chi connectivity index (χ4n) is 2.05. The van der Waals surface area contributed by atoms with Crippen molar-refractivity contribution in [3.63, 3.8) is 0 Å². The summed E-state index contributed by atoms with van der Waals surface area (Å²) in [6, 6.07) is 0. The lowest BCUT2D eigenvalue weighted by Gasteiger charge is -2.11. The van der Waals surface area contributed by atoms with Crippen molar-refractivity contribution >= 4 is 11.7 Å². The van der Waals surface area contributed by atoms with Crippen LogP contribution in [0.25, 0.3) is 0 Å². The van der Waals surface area contributed by atoms with Gasteiger partial charge >= 0.3 is 0 Å². The van der Waals surface area contributed by atoms with Gasteiger partial charge in [-0.2, -0.15) is 0 Å². The largest absolute Gasteiger partial charge is 0.376 e. The van der Waals surface area contributed by atoms with Gasteiger partial charge in [-0.3, -0.25) is 4.79 Å². The van der Waals surface area contributed by atoms with Crippen molar-refractivity contribution in [2.75, 3.05) is 45.7 Å². The highest BCUT2D eigenvalue weighted by Gasteiger charge is 2.17. The van der Waals surface area contributed by atoms with Crippen LogP contribution in [0.4, 0.5) is 5.82 Å². The Kier molecular flexibility index (Phi) is 5.89. The molecule has 1 aromatic heterocycles. The van der Waals surface area contributed by atoms with Crippen molar-refractivity contribution in [2.45, 2.75) is 18.9 Å². The highest BCUT2D eigenvalue weighted by molar-refractivity contribution is 5.92. The molecule has 1 fully saturated rings. The molecule has 1 unspecified atom stereocenters. The molecule has 1 amide bonds. The van der Waals surface area contributed by atoms with Crippen molar-refractivity contribution in [1.82, 2.24) is 20.2 Å². The highest BCUT2D eigenvalue weighted by atomic mass is 16.5. The molecule has 0 aromatic carbocycles. The molecule has 0 spiro atoms. The molecule has 1 atom stereocenters. The van der Waals surface area contributed by atoms with Crippen LogP contribution in [0.3, 0.4) is 0 Å². The van der Waals surface area contributed by atoms with E-state index in [0.717, 1.165) is 32.5 Å². The van der Waals surface area contributed by atoms with E-state index in [4.69, 9.17) is 4.74 Å². The molecule has 7 nitrogen and oxygen atoms in total. The summed E-state index contributed by atoms with van der Waals surface area (Å²) in [6.45, 7) is 3.01. The van der Waals surface area contributed by atoms with Gasteiger partial charge in [0.25, 0.3) is 5.91 Å². The van der Waals surface area contributed by atoms with E-state index in [9.17, 15) is 4.79 Å². The summed E-state index contributed by atoms with van der Waals surface area (Å²) >= 11 is 0. The molecule has 2 rings (SSSR count). The van der Waals surface area contributed by atoms with Crippen molar-refractivity contribution in [1.29, 1.82) is 0 Å². The molecular formula is C14H23N5O2. The second-order valence-electron chi connectivity index (χ2n) is 5.36. The lowest BCUT2D eigenvalue weighted by Crippen LogP contribution is -2.32. The predicted octanol–water partition coefficient (Wildman–Crippen LogP) is 0.359. The first kappa shape index (κ1) is 15.7. The Morgan fingerprint density at radius 1 is 1.43 bits per heavy atom. The van der Waals surface area contributed by atoms with E-state index in [1.165, 1.54) is 6.20 Å². The molecule has 0 aliphatic carbocycles. The lowest BCUT2D eigenvalue weighted by molar-refractivity contribution is 0.0853. The average molecular weight is 293 g/mol. The van der Waals surface area contributed by atoms with Crippen LogP contribution in [0, 0.1) is 0 Å². The van der Waals surface area contributed by atoms with Gasteiger partial charge in [0.05, 0.1) is 18.5 Å². The number of rotatable bonds is 7. The number of anilines is 1. The summed E-state index contributed by atoms with van der Waals surface area (Å²) in [5, 5.41) is 5.98. The zero-order chi connectivity index (χ0) is 15.1. The van der Waals surface area contributed by atoms with Crippen LogP contribution >= 0.6 is 0 Å². The lowest BCUT2D eigenvalue weighted by atomic mass is 10.2. The first-order valence-electron chi connectivity index (χ1n) is 7.25. The number of carbonyl (C=O) groups excluding carboxylic acids is 1. The Morgan fingerprint density at radius 3 is 2.90 bits per heavy atom. The molecule has 2 N–H and O–H groups in total. The minimum atomic E-state index is -0.210. The molecule has 116 valence electrons. The minimum Gasteiger partial charge on any atom is -0.376 e. The molecule has 1 aliphatic rings. The Hall–Kier alpha value is -1.73. The normalized spacial score (nSPS) is 18.0. The summed E-state index contributed by atoms with van der Waals surface area (Å²) in [5.41, 5.74) is 0.325. The summed E-state index contributed by atoms with van der Waals surface area (Å²) in [6.07, 6.45) is 5.27. The third kappa shape index (κ3) is 5.28. The zero-order valence-corrected chi connectivity index (χ0v) is 12.6. The fraction of sp³-hybridized carbons (Fsp3) is 0.643. The zero-order valence-electron chi connectivity index (χ0n) is 12.6. The topological polar surface area (TPSA) is 79.4 Å². The molecule has 0 saturated carbocycles. The first-order chi connectivity index (χ1) is 10.1. The Bertz CT molecular complexity index is 443. The second kappa shape index (κ2) is 7.90. The molecule has 7 heteroatoms. The second-order valence-corrected chi connectivity index (χ2v) is 5.36. The summed E-state index contributed by atoms with van der Waals surface area (Å²) in [5.74, 6) is 0.463. The van der Waals surface area contributed by atoms with Crippen LogP contribution in [0.1, 0.15) is 23.3 Å². The number of likely N-dealkylation sites (N-methyl/N-ethyl adjacent to an activating group) is 1. The van der Waals surface area contributed by atoms with Crippen molar-refractivity contribution in [3.05, 3.63) is 18.1 Å². The molecule has 0 bridgehead atoms. The molecular weight excluding hydrogens is 270 g/mol. The van der Waals surface area contributed by atoms with Gasteiger partial charge in [0.15, 0.2) is 0 Å². The summed E-state index contributed by atoms with van der Waals surface area (Å²) in [4.78, 5) is 22.3. The Balaban J connectivity index is 1.76. The number of nitrogens with zero attached hydrogens (tertiary/aromatic N) is 3. The minimum absolute atomic E-state index is 0.133. The smallest absolute Gasteiger partial charge is 0.271 e. The Morgan fingerprint density at radius 2 is 2.29 bits per heavy atom. The van der Waals surface area contributed by atoms with Gasteiger partial charge < -0.3 is 20.3 Å². The number of hydrogen-bond donors (Lipinski definition) is 2. The number of aromatic nitrogens is 2. The van der Waals surface area contributed by atoms with Crippen molar-refractivity contribution < 1.29 is 9.53 Å². The maximum atomic E-state index is 11.9. The quantitative estimate of drug-likeness (QED) is 0.755. The molecule has 2 heterocycles. The molecule has 21 heavy (non-hydrogen) atoms. The van der Waals surface area contributed by atoms with Crippen molar-refractivity contribution in [3.8, 4) is 0 Å². The molecule has 1 saturated heterocycles. The number of carbonyl (C=O) groups is 1. The van der Waals surface area contributed by atoms with E-state index in [0.29, 0.717) is 18.1 Å². The van der Waals surface area contributed by atoms with Crippen LogP contribution in [0.15, 0.2) is 12.4 Å². The SMILES string of the molecule is CN(C)CCNc1cnc(C(=O)NCC2CCCO2)cn1. The standard InChI is InChI=1S/C14H23N5O2/c1-19(2)6-5-15-13-10-16-12(9-17-13)14(20)18-8-11-4-3-7-21-11/h9-11H,3-8H2,1-2H3,(H,15,17)(H,18,20). The first-order valence-corrected chi connectivity index (χ1v) is 7.25. The van der Waals surface area contributed by atoms with Crippen LogP contribution in [0.5, 0.6) is 0 Å². The van der Waals surface area contributed by atoms with Gasteiger partial charge in [-0.1, -0.05) is 0 Å². The van der Waals surface area contributed by atoms with Gasteiger partial charge in [0, 0.05) is 26.2 Å². The van der Waals surface area contributed by atoms with Crippen LogP contribution in [-0.4, -0.2) is 67.2 Å². The van der Waals surface area contributed by atoms with Crippen LogP contribution in [-0.2, 0) is 4.74 Å². The van der Waals surface area contributed by atoms with E-state index in [1.54, 1.807) is 6.20 Å². The molecule has 1 aliphatic heterocycles. The molecule has 1 aromatic rings. The number of nitrogens with one attached hydrogen (secondary N) is 2. The monoisotopic (exact) mass is 293 g/mol. The van der Waals surface area contributed by atoms with Gasteiger partial charge in [0.1, 0.15) is 11.5 Å². The third-order valence-corrected chi connectivity index (χ3v) is 3.26. The van der Waals surface area contributed by atoms with Crippen LogP contribution < -0.4 is 10.6 Å². The highest BCUT2D eigenvalue weighted by Crippen LogP contribution is 2.10. The third-order valence-electron chi connectivity index (χ3n) is 3.26. The fourth-order valence-corrected chi connectivity index (χ4v) is 2.05. The van der Waals surface area contributed by atoms with E-state index >= 15 is 0 Å². The molecule has 0 radical (unpaired) electrons. The number of amides is 1. The maximum absolute atomic E-state index is 11.9. The van der Waals surface area contributed by atoms with Gasteiger partial charge in [-0.05, 0) is 26.9 Å². The summed E-state index contributed by atoms with van der Waals surface area (Å²) < 4.78 is 5.46.